The molecule has 4 rings (SSSR count). The lowest BCUT2D eigenvalue weighted by Gasteiger charge is -2.28. The summed E-state index contributed by atoms with van der Waals surface area (Å²) in [5, 5.41) is 21.8. The van der Waals surface area contributed by atoms with Crippen LogP contribution in [0.5, 0.6) is 5.88 Å². The fourth-order valence-electron chi connectivity index (χ4n) is 3.41. The summed E-state index contributed by atoms with van der Waals surface area (Å²) >= 11 is 6.11. The van der Waals surface area contributed by atoms with Crippen LogP contribution in [0.1, 0.15) is 25.5 Å². The lowest BCUT2D eigenvalue weighted by Crippen LogP contribution is -2.31. The molecule has 0 spiro atoms. The minimum absolute atomic E-state index is 0.0315. The Morgan fingerprint density at radius 2 is 1.74 bits per heavy atom. The average molecular weight is 510 g/mol. The lowest BCUT2D eigenvalue weighted by molar-refractivity contribution is -0.606. The van der Waals surface area contributed by atoms with Crippen LogP contribution >= 0.6 is 11.6 Å². The van der Waals surface area contributed by atoms with Gasteiger partial charge in [-0.15, -0.1) is 0 Å². The van der Waals surface area contributed by atoms with E-state index in [-0.39, 0.29) is 21.6 Å². The number of hydrogen-bond acceptors (Lipinski definition) is 7. The van der Waals surface area contributed by atoms with Gasteiger partial charge >= 0.3 is 0 Å². The van der Waals surface area contributed by atoms with Gasteiger partial charge in [0.05, 0.1) is 33.1 Å². The quantitative estimate of drug-likeness (QED) is 0.288. The highest BCUT2D eigenvalue weighted by molar-refractivity contribution is 7.92. The van der Waals surface area contributed by atoms with Crippen molar-refractivity contribution >= 4 is 38.5 Å². The zero-order valence-corrected chi connectivity index (χ0v) is 20.3. The number of ether oxygens (including phenoxy) is 1. The standard InChI is InChI=1S/C24H20ClN5O4S/c1-24(2,15-26)21(16-8-7-13-30(31)14-16)34-23-22(27-18-10-4-5-11-19(18)28-23)29-35(32,33)20-12-6-3-9-17(20)25/h3-14,21H,1-2H3,(H,27,29). The zero-order chi connectivity index (χ0) is 25.2. The molecule has 0 saturated carbocycles. The minimum atomic E-state index is -4.17. The smallest absolute Gasteiger partial charge is 0.264 e. The second kappa shape index (κ2) is 9.37. The first-order chi connectivity index (χ1) is 16.6. The molecule has 2 aromatic heterocycles. The number of rotatable bonds is 7. The molecule has 0 bridgehead atoms. The van der Waals surface area contributed by atoms with Gasteiger partial charge in [0.2, 0.25) is 5.82 Å². The van der Waals surface area contributed by atoms with E-state index in [9.17, 15) is 18.9 Å². The van der Waals surface area contributed by atoms with Crippen LogP contribution in [0.25, 0.3) is 11.0 Å². The fourth-order valence-corrected chi connectivity index (χ4v) is 4.93. The Kier molecular flexibility index (Phi) is 6.47. The molecule has 0 saturated heterocycles. The SMILES string of the molecule is CC(C)(C#N)C(Oc1nc2ccccc2nc1NS(=O)(=O)c1ccccc1Cl)c1ccc[n+]([O-])c1. The van der Waals surface area contributed by atoms with Crippen molar-refractivity contribution in [1.82, 2.24) is 9.97 Å². The van der Waals surface area contributed by atoms with Gasteiger partial charge in [-0.05, 0) is 44.2 Å². The van der Waals surface area contributed by atoms with E-state index in [0.717, 1.165) is 0 Å². The van der Waals surface area contributed by atoms with Crippen molar-refractivity contribution in [2.45, 2.75) is 24.8 Å². The van der Waals surface area contributed by atoms with Crippen molar-refractivity contribution in [2.24, 2.45) is 5.41 Å². The number of anilines is 1. The third kappa shape index (κ3) is 5.11. The number of nitrogens with zero attached hydrogens (tertiary/aromatic N) is 4. The van der Waals surface area contributed by atoms with E-state index in [1.54, 1.807) is 56.3 Å². The van der Waals surface area contributed by atoms with Gasteiger partial charge in [0.1, 0.15) is 11.0 Å². The third-order valence-corrected chi connectivity index (χ3v) is 7.01. The first-order valence-corrected chi connectivity index (χ1v) is 12.3. The highest BCUT2D eigenvalue weighted by Gasteiger charge is 2.36. The van der Waals surface area contributed by atoms with Crippen LogP contribution in [-0.4, -0.2) is 18.4 Å². The summed E-state index contributed by atoms with van der Waals surface area (Å²) in [6, 6.07) is 18.2. The first-order valence-electron chi connectivity index (χ1n) is 10.4. The van der Waals surface area contributed by atoms with Gasteiger partial charge in [-0.25, -0.2) is 18.4 Å². The lowest BCUT2D eigenvalue weighted by atomic mass is 9.84. The van der Waals surface area contributed by atoms with Crippen LogP contribution in [0.15, 0.2) is 78.0 Å². The van der Waals surface area contributed by atoms with Crippen molar-refractivity contribution in [3.05, 3.63) is 88.9 Å². The summed E-state index contributed by atoms with van der Waals surface area (Å²) in [6.45, 7) is 3.28. The van der Waals surface area contributed by atoms with Crippen molar-refractivity contribution in [1.29, 1.82) is 5.26 Å². The molecule has 0 radical (unpaired) electrons. The van der Waals surface area contributed by atoms with Crippen LogP contribution in [-0.2, 0) is 10.0 Å². The summed E-state index contributed by atoms with van der Waals surface area (Å²) < 4.78 is 35.5. The van der Waals surface area contributed by atoms with Gasteiger partial charge in [-0.3, -0.25) is 4.72 Å². The molecule has 9 nitrogen and oxygen atoms in total. The van der Waals surface area contributed by atoms with Gasteiger partial charge in [0.25, 0.3) is 15.9 Å². The van der Waals surface area contributed by atoms with Crippen LogP contribution in [0, 0.1) is 22.0 Å². The highest BCUT2D eigenvalue weighted by Crippen LogP contribution is 2.39. The molecule has 4 aromatic rings. The number of benzene rings is 2. The van der Waals surface area contributed by atoms with Gasteiger partial charge < -0.3 is 9.94 Å². The number of halogens is 1. The second-order valence-electron chi connectivity index (χ2n) is 8.23. The number of para-hydroxylation sites is 2. The van der Waals surface area contributed by atoms with E-state index in [4.69, 9.17) is 16.3 Å². The van der Waals surface area contributed by atoms with Crippen LogP contribution in [0.4, 0.5) is 5.82 Å². The van der Waals surface area contributed by atoms with Crippen molar-refractivity contribution in [3.8, 4) is 11.9 Å². The highest BCUT2D eigenvalue weighted by atomic mass is 35.5. The summed E-state index contributed by atoms with van der Waals surface area (Å²) in [5.74, 6) is -0.345. The Bertz CT molecular complexity index is 1550. The molecule has 0 aliphatic heterocycles. The first kappa shape index (κ1) is 24.2. The molecule has 0 aliphatic carbocycles. The molecular formula is C24H20ClN5O4S. The third-order valence-electron chi connectivity index (χ3n) is 5.17. The van der Waals surface area contributed by atoms with E-state index < -0.39 is 21.5 Å². The predicted octanol–water partition coefficient (Wildman–Crippen LogP) is 4.39. The molecule has 1 atom stereocenters. The monoisotopic (exact) mass is 509 g/mol. The second-order valence-corrected chi connectivity index (χ2v) is 10.3. The van der Waals surface area contributed by atoms with Gasteiger partial charge in [-0.2, -0.15) is 9.99 Å². The number of aromatic nitrogens is 3. The van der Waals surface area contributed by atoms with Gasteiger partial charge in [0.15, 0.2) is 12.4 Å². The van der Waals surface area contributed by atoms with Crippen LogP contribution in [0.2, 0.25) is 5.02 Å². The number of sulfonamides is 1. The number of pyridine rings is 1. The van der Waals surface area contributed by atoms with Gasteiger partial charge in [-0.1, -0.05) is 35.9 Å². The van der Waals surface area contributed by atoms with Crippen molar-refractivity contribution in [2.75, 3.05) is 4.72 Å². The Labute approximate surface area is 207 Å². The molecule has 0 fully saturated rings. The number of hydrogen-bond donors (Lipinski definition) is 1. The Hall–Kier alpha value is -3.94. The maximum absolute atomic E-state index is 13.1. The largest absolute Gasteiger partial charge is 0.619 e. The molecule has 0 aliphatic rings. The number of nitriles is 1. The number of nitrogens with one attached hydrogen (secondary N) is 1. The molecule has 1 N–H and O–H groups in total. The molecule has 35 heavy (non-hydrogen) atoms. The summed E-state index contributed by atoms with van der Waals surface area (Å²) in [4.78, 5) is 8.74. The van der Waals surface area contributed by atoms with E-state index in [0.29, 0.717) is 21.3 Å². The fraction of sp³-hybridized carbons (Fsp3) is 0.167. The van der Waals surface area contributed by atoms with E-state index >= 15 is 0 Å². The Morgan fingerprint density at radius 3 is 2.40 bits per heavy atom. The number of fused-ring (bicyclic) bond motifs is 1. The topological polar surface area (TPSA) is 132 Å². The Balaban J connectivity index is 1.85. The van der Waals surface area contributed by atoms with Crippen LogP contribution in [0.3, 0.4) is 0 Å². The summed E-state index contributed by atoms with van der Waals surface area (Å²) in [7, 11) is -4.17. The van der Waals surface area contributed by atoms with E-state index in [1.807, 2.05) is 0 Å². The molecule has 2 heterocycles. The maximum atomic E-state index is 13.1. The zero-order valence-electron chi connectivity index (χ0n) is 18.7. The van der Waals surface area contributed by atoms with Gasteiger partial charge in [0, 0.05) is 6.07 Å². The van der Waals surface area contributed by atoms with E-state index in [2.05, 4.69) is 20.8 Å². The molecule has 2 aromatic carbocycles. The molecule has 178 valence electrons. The Morgan fingerprint density at radius 1 is 1.09 bits per heavy atom. The van der Waals surface area contributed by atoms with Crippen LogP contribution < -0.4 is 14.2 Å². The summed E-state index contributed by atoms with van der Waals surface area (Å²) in [6.07, 6.45) is 1.61. The molecular weight excluding hydrogens is 490 g/mol. The molecule has 0 amide bonds. The van der Waals surface area contributed by atoms with E-state index in [1.165, 1.54) is 30.6 Å². The normalized spacial score (nSPS) is 12.6. The maximum Gasteiger partial charge on any atom is 0.264 e. The average Bonchev–Trinajstić information content (AvgIpc) is 2.82. The molecule has 1 unspecified atom stereocenters. The van der Waals surface area contributed by atoms with Crippen molar-refractivity contribution in [3.63, 3.8) is 0 Å². The van der Waals surface area contributed by atoms with Crippen molar-refractivity contribution < 1.29 is 17.9 Å². The minimum Gasteiger partial charge on any atom is -0.619 e. The summed E-state index contributed by atoms with van der Waals surface area (Å²) in [5.41, 5.74) is 0.151. The molecule has 11 heteroatoms. The predicted molar refractivity (Wildman–Crippen MR) is 130 cm³/mol.